The van der Waals surface area contributed by atoms with Crippen molar-refractivity contribution in [2.24, 2.45) is 11.0 Å². The standard InChI is InChI=1S/C19H22N2O2/c1-15(2)14-23-18-10-8-17(9-11-18)19(22)21-20-13-12-16-6-4-3-5-7-16/h3-11,13,15H,12,14H2,1-2H3,(H,21,22). The Morgan fingerprint density at radius 1 is 1.13 bits per heavy atom. The molecule has 23 heavy (non-hydrogen) atoms. The first-order chi connectivity index (χ1) is 11.1. The van der Waals surface area contributed by atoms with Crippen molar-refractivity contribution < 1.29 is 9.53 Å². The first-order valence-corrected chi connectivity index (χ1v) is 7.74. The third-order valence-corrected chi connectivity index (χ3v) is 3.13. The van der Waals surface area contributed by atoms with E-state index in [1.165, 1.54) is 0 Å². The van der Waals surface area contributed by atoms with Gasteiger partial charge < -0.3 is 4.74 Å². The van der Waals surface area contributed by atoms with Crippen molar-refractivity contribution in [1.29, 1.82) is 0 Å². The molecule has 4 nitrogen and oxygen atoms in total. The molecule has 0 aliphatic carbocycles. The van der Waals surface area contributed by atoms with E-state index in [1.54, 1.807) is 30.5 Å². The van der Waals surface area contributed by atoms with Crippen LogP contribution in [0.2, 0.25) is 0 Å². The van der Waals surface area contributed by atoms with E-state index in [9.17, 15) is 4.79 Å². The van der Waals surface area contributed by atoms with Crippen LogP contribution >= 0.6 is 0 Å². The van der Waals surface area contributed by atoms with Crippen LogP contribution in [0.5, 0.6) is 5.75 Å². The molecule has 0 aromatic heterocycles. The minimum absolute atomic E-state index is 0.232. The van der Waals surface area contributed by atoms with Gasteiger partial charge in [-0.2, -0.15) is 5.10 Å². The number of nitrogens with zero attached hydrogens (tertiary/aromatic N) is 1. The van der Waals surface area contributed by atoms with Crippen LogP contribution < -0.4 is 10.2 Å². The van der Waals surface area contributed by atoms with Crippen LogP contribution in [0.1, 0.15) is 29.8 Å². The molecule has 0 atom stereocenters. The number of carbonyl (C=O) groups excluding carboxylic acids is 1. The van der Waals surface area contributed by atoms with Gasteiger partial charge in [0.25, 0.3) is 5.91 Å². The van der Waals surface area contributed by atoms with E-state index in [-0.39, 0.29) is 5.91 Å². The zero-order chi connectivity index (χ0) is 16.5. The molecule has 0 fully saturated rings. The van der Waals surface area contributed by atoms with E-state index in [1.807, 2.05) is 30.3 Å². The van der Waals surface area contributed by atoms with Crippen LogP contribution in [-0.4, -0.2) is 18.7 Å². The quantitative estimate of drug-likeness (QED) is 0.626. The van der Waals surface area contributed by atoms with E-state index in [0.29, 0.717) is 24.5 Å². The maximum absolute atomic E-state index is 12.0. The Hall–Kier alpha value is -2.62. The predicted molar refractivity (Wildman–Crippen MR) is 92.9 cm³/mol. The number of nitrogens with one attached hydrogen (secondary N) is 1. The molecule has 0 heterocycles. The summed E-state index contributed by atoms with van der Waals surface area (Å²) < 4.78 is 5.59. The predicted octanol–water partition coefficient (Wildman–Crippen LogP) is 3.68. The van der Waals surface area contributed by atoms with Gasteiger partial charge in [-0.3, -0.25) is 4.79 Å². The largest absolute Gasteiger partial charge is 0.493 e. The van der Waals surface area contributed by atoms with Crippen molar-refractivity contribution >= 4 is 12.1 Å². The molecule has 4 heteroatoms. The Balaban J connectivity index is 1.81. The third kappa shape index (κ3) is 5.94. The number of amides is 1. The SMILES string of the molecule is CC(C)COc1ccc(C(=O)NN=CCc2ccccc2)cc1. The van der Waals surface area contributed by atoms with Gasteiger partial charge in [-0.25, -0.2) is 5.43 Å². The van der Waals surface area contributed by atoms with Crippen LogP contribution in [0.15, 0.2) is 59.7 Å². The molecule has 0 aliphatic rings. The average Bonchev–Trinajstić information content (AvgIpc) is 2.58. The molecule has 2 aromatic rings. The van der Waals surface area contributed by atoms with Gasteiger partial charge in [0, 0.05) is 18.2 Å². The topological polar surface area (TPSA) is 50.7 Å². The van der Waals surface area contributed by atoms with Crippen molar-refractivity contribution in [2.75, 3.05) is 6.61 Å². The summed E-state index contributed by atoms with van der Waals surface area (Å²) in [6.07, 6.45) is 2.37. The van der Waals surface area contributed by atoms with Crippen molar-refractivity contribution in [1.82, 2.24) is 5.43 Å². The minimum atomic E-state index is -0.232. The highest BCUT2D eigenvalue weighted by Gasteiger charge is 2.04. The van der Waals surface area contributed by atoms with Gasteiger partial charge in [-0.1, -0.05) is 44.2 Å². The van der Waals surface area contributed by atoms with Gasteiger partial charge in [0.1, 0.15) is 5.75 Å². The molecule has 0 radical (unpaired) electrons. The van der Waals surface area contributed by atoms with Crippen molar-refractivity contribution in [3.8, 4) is 5.75 Å². The number of carbonyl (C=O) groups is 1. The Labute approximate surface area is 137 Å². The maximum Gasteiger partial charge on any atom is 0.271 e. The summed E-state index contributed by atoms with van der Waals surface area (Å²) in [5.74, 6) is 1.00. The van der Waals surface area contributed by atoms with Gasteiger partial charge in [0.15, 0.2) is 0 Å². The zero-order valence-corrected chi connectivity index (χ0v) is 13.5. The van der Waals surface area contributed by atoms with Crippen LogP contribution in [0.25, 0.3) is 0 Å². The van der Waals surface area contributed by atoms with E-state index in [0.717, 1.165) is 11.3 Å². The highest BCUT2D eigenvalue weighted by atomic mass is 16.5. The number of hydrogen-bond donors (Lipinski definition) is 1. The van der Waals surface area contributed by atoms with E-state index < -0.39 is 0 Å². The molecular weight excluding hydrogens is 288 g/mol. The van der Waals surface area contributed by atoms with Gasteiger partial charge in [-0.15, -0.1) is 0 Å². The molecule has 0 saturated carbocycles. The van der Waals surface area contributed by atoms with Crippen LogP contribution in [0.4, 0.5) is 0 Å². The normalized spacial score (nSPS) is 10.9. The van der Waals surface area contributed by atoms with Gasteiger partial charge in [-0.05, 0) is 35.7 Å². The lowest BCUT2D eigenvalue weighted by molar-refractivity contribution is 0.0955. The molecule has 0 bridgehead atoms. The van der Waals surface area contributed by atoms with Gasteiger partial charge >= 0.3 is 0 Å². The summed E-state index contributed by atoms with van der Waals surface area (Å²) in [5.41, 5.74) is 4.23. The molecular formula is C19H22N2O2. The molecule has 0 unspecified atom stereocenters. The first kappa shape index (κ1) is 16.7. The van der Waals surface area contributed by atoms with Gasteiger partial charge in [0.05, 0.1) is 6.61 Å². The second kappa shape index (κ2) is 8.73. The first-order valence-electron chi connectivity index (χ1n) is 7.74. The summed E-state index contributed by atoms with van der Waals surface area (Å²) in [6, 6.07) is 17.0. The monoisotopic (exact) mass is 310 g/mol. The molecule has 0 aliphatic heterocycles. The Kier molecular flexibility index (Phi) is 6.36. The lowest BCUT2D eigenvalue weighted by Gasteiger charge is -2.08. The number of hydrogen-bond acceptors (Lipinski definition) is 3. The van der Waals surface area contributed by atoms with E-state index in [2.05, 4.69) is 24.4 Å². The van der Waals surface area contributed by atoms with Crippen molar-refractivity contribution in [2.45, 2.75) is 20.3 Å². The van der Waals surface area contributed by atoms with Crippen LogP contribution in [-0.2, 0) is 6.42 Å². The summed E-state index contributed by atoms with van der Waals surface area (Å²) in [4.78, 5) is 12.0. The summed E-state index contributed by atoms with van der Waals surface area (Å²) in [5, 5.41) is 3.97. The molecule has 1 amide bonds. The third-order valence-electron chi connectivity index (χ3n) is 3.13. The zero-order valence-electron chi connectivity index (χ0n) is 13.5. The highest BCUT2D eigenvalue weighted by Crippen LogP contribution is 2.13. The number of rotatable bonds is 7. The number of hydrazone groups is 1. The molecule has 120 valence electrons. The lowest BCUT2D eigenvalue weighted by atomic mass is 10.2. The highest BCUT2D eigenvalue weighted by molar-refractivity contribution is 5.94. The molecule has 0 spiro atoms. The molecule has 1 N–H and O–H groups in total. The Morgan fingerprint density at radius 2 is 1.83 bits per heavy atom. The average molecular weight is 310 g/mol. The summed E-state index contributed by atoms with van der Waals surface area (Å²) in [7, 11) is 0. The summed E-state index contributed by atoms with van der Waals surface area (Å²) >= 11 is 0. The number of ether oxygens (including phenoxy) is 1. The second-order valence-electron chi connectivity index (χ2n) is 5.67. The van der Waals surface area contributed by atoms with Crippen LogP contribution in [0.3, 0.4) is 0 Å². The second-order valence-corrected chi connectivity index (χ2v) is 5.67. The Morgan fingerprint density at radius 3 is 2.48 bits per heavy atom. The van der Waals surface area contributed by atoms with Crippen molar-refractivity contribution in [3.63, 3.8) is 0 Å². The minimum Gasteiger partial charge on any atom is -0.493 e. The van der Waals surface area contributed by atoms with E-state index in [4.69, 9.17) is 4.74 Å². The summed E-state index contributed by atoms with van der Waals surface area (Å²) in [6.45, 7) is 4.85. The maximum atomic E-state index is 12.0. The molecule has 2 aromatic carbocycles. The fourth-order valence-electron chi connectivity index (χ4n) is 1.90. The molecule has 0 saturated heterocycles. The number of benzene rings is 2. The Bertz CT molecular complexity index is 634. The smallest absolute Gasteiger partial charge is 0.271 e. The fourth-order valence-corrected chi connectivity index (χ4v) is 1.90. The molecule has 2 rings (SSSR count). The fraction of sp³-hybridized carbons (Fsp3) is 0.263. The van der Waals surface area contributed by atoms with Crippen molar-refractivity contribution in [3.05, 3.63) is 65.7 Å². The van der Waals surface area contributed by atoms with E-state index >= 15 is 0 Å². The van der Waals surface area contributed by atoms with Crippen LogP contribution in [0, 0.1) is 5.92 Å². The lowest BCUT2D eigenvalue weighted by Crippen LogP contribution is -2.17. The van der Waals surface area contributed by atoms with Gasteiger partial charge in [0.2, 0.25) is 0 Å².